The van der Waals surface area contributed by atoms with Gasteiger partial charge in [0.15, 0.2) is 0 Å². The van der Waals surface area contributed by atoms with Crippen molar-refractivity contribution in [3.05, 3.63) is 0 Å². The van der Waals surface area contributed by atoms with Gasteiger partial charge in [0.2, 0.25) is 0 Å². The molecule has 0 aliphatic carbocycles. The Labute approximate surface area is 134 Å². The van der Waals surface area contributed by atoms with Crippen molar-refractivity contribution in [1.29, 1.82) is 0 Å². The van der Waals surface area contributed by atoms with Crippen molar-refractivity contribution in [2.45, 2.75) is 103 Å². The van der Waals surface area contributed by atoms with Gasteiger partial charge in [0.25, 0.3) is 0 Å². The topological polar surface area (TPSA) is 15.3 Å². The molecule has 1 saturated heterocycles. The Morgan fingerprint density at radius 3 is 2.14 bits per heavy atom. The number of hydrogen-bond acceptors (Lipinski definition) is 2. The smallest absolute Gasteiger partial charge is 0.0303 e. The molecular weight excluding hydrogens is 256 g/mol. The molecule has 1 aliphatic rings. The average Bonchev–Trinajstić information content (AvgIpc) is 2.51. The number of piperazine rings is 1. The van der Waals surface area contributed by atoms with Gasteiger partial charge in [-0.25, -0.2) is 0 Å². The third-order valence-corrected chi connectivity index (χ3v) is 5.51. The fourth-order valence-electron chi connectivity index (χ4n) is 3.45. The molecule has 0 spiro atoms. The van der Waals surface area contributed by atoms with Crippen LogP contribution in [0.5, 0.6) is 0 Å². The molecule has 1 fully saturated rings. The van der Waals surface area contributed by atoms with Crippen LogP contribution < -0.4 is 5.32 Å². The second-order valence-corrected chi connectivity index (χ2v) is 7.26. The van der Waals surface area contributed by atoms with Gasteiger partial charge in [-0.2, -0.15) is 0 Å². The monoisotopic (exact) mass is 296 g/mol. The maximum absolute atomic E-state index is 3.73. The van der Waals surface area contributed by atoms with E-state index < -0.39 is 0 Å². The molecule has 2 heteroatoms. The highest BCUT2D eigenvalue weighted by Crippen LogP contribution is 2.24. The van der Waals surface area contributed by atoms with Crippen molar-refractivity contribution in [3.63, 3.8) is 0 Å². The van der Waals surface area contributed by atoms with Crippen LogP contribution in [0.25, 0.3) is 0 Å². The number of nitrogens with zero attached hydrogens (tertiary/aromatic N) is 1. The molecule has 0 saturated carbocycles. The first-order valence-corrected chi connectivity index (χ1v) is 9.64. The Balaban J connectivity index is 2.18. The summed E-state index contributed by atoms with van der Waals surface area (Å²) in [4.78, 5) is 2.77. The van der Waals surface area contributed by atoms with Crippen LogP contribution in [0, 0.1) is 0 Å². The fraction of sp³-hybridized carbons (Fsp3) is 1.00. The summed E-state index contributed by atoms with van der Waals surface area (Å²) < 4.78 is 0. The van der Waals surface area contributed by atoms with Crippen LogP contribution in [0.15, 0.2) is 0 Å². The van der Waals surface area contributed by atoms with E-state index in [1.807, 2.05) is 0 Å². The summed E-state index contributed by atoms with van der Waals surface area (Å²) in [6.07, 6.45) is 13.9. The Kier molecular flexibility index (Phi) is 9.59. The van der Waals surface area contributed by atoms with Crippen molar-refractivity contribution >= 4 is 0 Å². The van der Waals surface area contributed by atoms with Crippen molar-refractivity contribution in [2.75, 3.05) is 19.6 Å². The molecular formula is C19H40N2. The van der Waals surface area contributed by atoms with Gasteiger partial charge in [0.1, 0.15) is 0 Å². The van der Waals surface area contributed by atoms with Crippen molar-refractivity contribution in [2.24, 2.45) is 0 Å². The summed E-state index contributed by atoms with van der Waals surface area (Å²) in [5.74, 6) is 0. The van der Waals surface area contributed by atoms with E-state index >= 15 is 0 Å². The van der Waals surface area contributed by atoms with Crippen molar-refractivity contribution < 1.29 is 0 Å². The molecule has 0 radical (unpaired) electrons. The van der Waals surface area contributed by atoms with E-state index in [4.69, 9.17) is 0 Å². The summed E-state index contributed by atoms with van der Waals surface area (Å²) in [5.41, 5.74) is 0.382. The fourth-order valence-corrected chi connectivity index (χ4v) is 3.45. The first-order valence-electron chi connectivity index (χ1n) is 9.64. The van der Waals surface area contributed by atoms with Crippen LogP contribution in [-0.4, -0.2) is 36.1 Å². The van der Waals surface area contributed by atoms with Crippen LogP contribution in [0.3, 0.4) is 0 Å². The molecule has 0 amide bonds. The Morgan fingerprint density at radius 2 is 1.57 bits per heavy atom. The van der Waals surface area contributed by atoms with Gasteiger partial charge in [-0.15, -0.1) is 0 Å². The molecule has 0 aromatic carbocycles. The summed E-state index contributed by atoms with van der Waals surface area (Å²) in [5, 5.41) is 3.73. The van der Waals surface area contributed by atoms with Crippen LogP contribution in [-0.2, 0) is 0 Å². The zero-order valence-electron chi connectivity index (χ0n) is 15.2. The highest BCUT2D eigenvalue weighted by Gasteiger charge is 2.35. The first-order chi connectivity index (χ1) is 10.2. The predicted molar refractivity (Wildman–Crippen MR) is 95.0 cm³/mol. The number of unbranched alkanes of at least 4 members (excludes halogenated alkanes) is 7. The number of nitrogens with one attached hydrogen (secondary N) is 1. The molecule has 1 aliphatic heterocycles. The SMILES string of the molecule is CCCCCCCCCCN1CC(CC)NCC1(C)CC. The van der Waals surface area contributed by atoms with Gasteiger partial charge in [-0.1, -0.05) is 65.7 Å². The lowest BCUT2D eigenvalue weighted by molar-refractivity contribution is 0.0465. The summed E-state index contributed by atoms with van der Waals surface area (Å²) in [6, 6.07) is 0.707. The molecule has 2 nitrogen and oxygen atoms in total. The zero-order valence-corrected chi connectivity index (χ0v) is 15.2. The molecule has 1 heterocycles. The van der Waals surface area contributed by atoms with E-state index in [0.29, 0.717) is 11.6 Å². The summed E-state index contributed by atoms with van der Waals surface area (Å²) in [7, 11) is 0. The van der Waals surface area contributed by atoms with E-state index in [0.717, 1.165) is 0 Å². The summed E-state index contributed by atoms with van der Waals surface area (Å²) in [6.45, 7) is 13.1. The van der Waals surface area contributed by atoms with E-state index in [-0.39, 0.29) is 0 Å². The van der Waals surface area contributed by atoms with Crippen LogP contribution >= 0.6 is 0 Å². The Bertz CT molecular complexity index is 254. The van der Waals surface area contributed by atoms with Gasteiger partial charge in [0, 0.05) is 24.7 Å². The third kappa shape index (κ3) is 6.69. The zero-order chi connectivity index (χ0) is 15.6. The average molecular weight is 297 g/mol. The largest absolute Gasteiger partial charge is 0.311 e. The lowest BCUT2D eigenvalue weighted by Gasteiger charge is -2.48. The molecule has 2 unspecified atom stereocenters. The molecule has 1 rings (SSSR count). The van der Waals surface area contributed by atoms with Gasteiger partial charge in [-0.3, -0.25) is 4.90 Å². The number of hydrogen-bond donors (Lipinski definition) is 1. The van der Waals surface area contributed by atoms with Crippen LogP contribution in [0.4, 0.5) is 0 Å². The molecule has 0 aromatic rings. The maximum atomic E-state index is 3.73. The highest BCUT2D eigenvalue weighted by molar-refractivity contribution is 4.94. The van der Waals surface area contributed by atoms with E-state index in [9.17, 15) is 0 Å². The Hall–Kier alpha value is -0.0800. The van der Waals surface area contributed by atoms with Gasteiger partial charge < -0.3 is 5.32 Å². The van der Waals surface area contributed by atoms with Crippen molar-refractivity contribution in [3.8, 4) is 0 Å². The molecule has 21 heavy (non-hydrogen) atoms. The number of rotatable bonds is 11. The van der Waals surface area contributed by atoms with Gasteiger partial charge >= 0.3 is 0 Å². The lowest BCUT2D eigenvalue weighted by atomic mass is 9.91. The maximum Gasteiger partial charge on any atom is 0.0303 e. The molecule has 1 N–H and O–H groups in total. The van der Waals surface area contributed by atoms with Gasteiger partial charge in [-0.05, 0) is 32.7 Å². The third-order valence-electron chi connectivity index (χ3n) is 5.51. The second kappa shape index (κ2) is 10.6. The van der Waals surface area contributed by atoms with Crippen LogP contribution in [0.2, 0.25) is 0 Å². The molecule has 126 valence electrons. The summed E-state index contributed by atoms with van der Waals surface area (Å²) >= 11 is 0. The van der Waals surface area contributed by atoms with E-state index in [1.54, 1.807) is 0 Å². The minimum Gasteiger partial charge on any atom is -0.311 e. The lowest BCUT2D eigenvalue weighted by Crippen LogP contribution is -2.63. The van der Waals surface area contributed by atoms with E-state index in [2.05, 4.69) is 37.9 Å². The van der Waals surface area contributed by atoms with Crippen LogP contribution in [0.1, 0.15) is 91.9 Å². The molecule has 0 bridgehead atoms. The minimum absolute atomic E-state index is 0.382. The van der Waals surface area contributed by atoms with Gasteiger partial charge in [0.05, 0.1) is 0 Å². The predicted octanol–water partition coefficient (Wildman–Crippen LogP) is 4.98. The standard InChI is InChI=1S/C19H40N2/c1-5-8-9-10-11-12-13-14-15-21-16-18(6-2)20-17-19(21,4)7-3/h18,20H,5-17H2,1-4H3. The second-order valence-electron chi connectivity index (χ2n) is 7.26. The normalized spacial score (nSPS) is 27.1. The van der Waals surface area contributed by atoms with Crippen molar-refractivity contribution in [1.82, 2.24) is 10.2 Å². The highest BCUT2D eigenvalue weighted by atomic mass is 15.3. The molecule has 0 aromatic heterocycles. The first kappa shape index (κ1) is 19.0. The Morgan fingerprint density at radius 1 is 0.952 bits per heavy atom. The quantitative estimate of drug-likeness (QED) is 0.541. The minimum atomic E-state index is 0.382. The molecule has 2 atom stereocenters. The van der Waals surface area contributed by atoms with E-state index in [1.165, 1.54) is 83.8 Å².